The van der Waals surface area contributed by atoms with Crippen LogP contribution in [0.2, 0.25) is 0 Å². The zero-order valence-corrected chi connectivity index (χ0v) is 32.8. The van der Waals surface area contributed by atoms with Crippen LogP contribution in [-0.2, 0) is 44.8 Å². The minimum atomic E-state index is -1.84. The van der Waals surface area contributed by atoms with E-state index in [1.54, 1.807) is 13.8 Å². The molecule has 5 amide bonds. The molecule has 1 rings (SSSR count). The Morgan fingerprint density at radius 3 is 1.51 bits per heavy atom. The molecule has 0 aromatic heterocycles. The van der Waals surface area contributed by atoms with Gasteiger partial charge < -0.3 is 75.7 Å². The van der Waals surface area contributed by atoms with Gasteiger partial charge in [-0.1, -0.05) is 26.0 Å². The number of hydrogen-bond donors (Lipinski definition) is 14. The van der Waals surface area contributed by atoms with Crippen molar-refractivity contribution in [2.75, 3.05) is 13.1 Å². The van der Waals surface area contributed by atoms with Crippen LogP contribution in [0.3, 0.4) is 0 Å². The van der Waals surface area contributed by atoms with Gasteiger partial charge >= 0.3 is 17.9 Å². The number of aliphatic imine (C=N–C) groups is 2. The third-order valence-corrected chi connectivity index (χ3v) is 8.23. The van der Waals surface area contributed by atoms with E-state index < -0.39 is 96.5 Å². The zero-order chi connectivity index (χ0) is 44.8. The molecule has 0 saturated carbocycles. The molecule has 328 valence electrons. The van der Waals surface area contributed by atoms with Crippen LogP contribution in [0, 0.1) is 5.92 Å². The summed E-state index contributed by atoms with van der Waals surface area (Å²) in [4.78, 5) is 110. The lowest BCUT2D eigenvalue weighted by Gasteiger charge is -2.27. The molecule has 19 N–H and O–H groups in total. The zero-order valence-electron chi connectivity index (χ0n) is 32.8. The Balaban J connectivity index is 3.48. The number of carbonyl (C=O) groups excluding carboxylic acids is 5. The van der Waals surface area contributed by atoms with Gasteiger partial charge in [0.15, 0.2) is 11.9 Å². The minimum absolute atomic E-state index is 0.0108. The highest BCUT2D eigenvalue weighted by Gasteiger charge is 2.34. The lowest BCUT2D eigenvalue weighted by Crippen LogP contribution is -2.60. The van der Waals surface area contributed by atoms with E-state index in [9.17, 15) is 53.7 Å². The quantitative estimate of drug-likeness (QED) is 0.0227. The summed E-state index contributed by atoms with van der Waals surface area (Å²) in [6.07, 6.45) is -2.05. The Morgan fingerprint density at radius 2 is 1.02 bits per heavy atom. The molecule has 0 saturated heterocycles. The van der Waals surface area contributed by atoms with Gasteiger partial charge in [0.1, 0.15) is 36.0 Å². The van der Waals surface area contributed by atoms with Crippen molar-refractivity contribution >= 4 is 59.4 Å². The maximum Gasteiger partial charge on any atom is 0.326 e. The molecular weight excluding hydrogens is 780 g/mol. The van der Waals surface area contributed by atoms with Crippen molar-refractivity contribution in [3.8, 4) is 5.75 Å². The fourth-order valence-corrected chi connectivity index (χ4v) is 5.35. The Kier molecular flexibility index (Phi) is 21.8. The fraction of sp³-hybridized carbons (Fsp3) is 0.543. The van der Waals surface area contributed by atoms with E-state index in [2.05, 4.69) is 36.6 Å². The second-order valence-corrected chi connectivity index (χ2v) is 13.8. The predicted octanol–water partition coefficient (Wildman–Crippen LogP) is -4.13. The van der Waals surface area contributed by atoms with E-state index in [1.807, 2.05) is 0 Å². The molecule has 0 bridgehead atoms. The Morgan fingerprint density at radius 1 is 0.593 bits per heavy atom. The van der Waals surface area contributed by atoms with Crippen LogP contribution in [-0.4, -0.2) is 129 Å². The van der Waals surface area contributed by atoms with Crippen molar-refractivity contribution in [3.63, 3.8) is 0 Å². The van der Waals surface area contributed by atoms with Crippen LogP contribution in [0.25, 0.3) is 0 Å². The molecule has 24 nitrogen and oxygen atoms in total. The van der Waals surface area contributed by atoms with Crippen molar-refractivity contribution < 1.29 is 58.8 Å². The number of aliphatic carboxylic acids is 3. The molecule has 24 heteroatoms. The van der Waals surface area contributed by atoms with E-state index in [4.69, 9.17) is 33.8 Å². The van der Waals surface area contributed by atoms with Crippen molar-refractivity contribution in [2.45, 2.75) is 101 Å². The predicted molar refractivity (Wildman–Crippen MR) is 211 cm³/mol. The standard InChI is InChI=1S/C35H56N12O12/c1-17(2)13-23(45-28(53)20(36)15-26(49)50)30(55)47-25(16-27(51)52)32(57)46-24(14-18-7-9-19(48)10-8-18)31(56)43-21(5-3-11-41-34(37)38)29(54)44-22(33(58)59)6-4-12-42-35(39)40/h7-10,17,20-25,48H,3-6,11-16,36H2,1-2H3,(H,43,56)(H,44,54)(H,45,53)(H,46,57)(H,47,55)(H,49,50)(H,51,52)(H,58,59)(H4,37,38,41)(H4,39,40,42)/t20-,21-,22-,23-,24-,25-/m0/s1. The summed E-state index contributed by atoms with van der Waals surface area (Å²) in [5, 5.41) is 50.1. The average Bonchev–Trinajstić information content (AvgIpc) is 3.12. The number of carbonyl (C=O) groups is 8. The van der Waals surface area contributed by atoms with Gasteiger partial charge in [-0.05, 0) is 55.7 Å². The van der Waals surface area contributed by atoms with Gasteiger partial charge in [-0.3, -0.25) is 43.5 Å². The minimum Gasteiger partial charge on any atom is -0.508 e. The van der Waals surface area contributed by atoms with Gasteiger partial charge in [0.25, 0.3) is 0 Å². The van der Waals surface area contributed by atoms with Gasteiger partial charge in [-0.25, -0.2) is 4.79 Å². The molecular formula is C35H56N12O12. The molecule has 59 heavy (non-hydrogen) atoms. The SMILES string of the molecule is CC(C)C[C@H](NC(=O)[C@@H](N)CC(=O)O)C(=O)N[C@@H](CC(=O)O)C(=O)N[C@@H](Cc1ccc(O)cc1)C(=O)N[C@@H](CCCN=C(N)N)C(=O)N[C@@H](CCCN=C(N)N)C(=O)O. The lowest BCUT2D eigenvalue weighted by molar-refractivity contribution is -0.142. The largest absolute Gasteiger partial charge is 0.508 e. The van der Waals surface area contributed by atoms with Crippen LogP contribution in [0.15, 0.2) is 34.3 Å². The maximum atomic E-state index is 14.0. The first-order chi connectivity index (χ1) is 27.6. The maximum absolute atomic E-state index is 14.0. The van der Waals surface area contributed by atoms with Crippen LogP contribution in [0.5, 0.6) is 5.75 Å². The van der Waals surface area contributed by atoms with E-state index in [0.29, 0.717) is 5.56 Å². The van der Waals surface area contributed by atoms with Crippen molar-refractivity contribution in [2.24, 2.45) is 44.6 Å². The van der Waals surface area contributed by atoms with Gasteiger partial charge in [0.2, 0.25) is 29.5 Å². The number of carboxylic acid groups (broad SMARTS) is 3. The third-order valence-electron chi connectivity index (χ3n) is 8.23. The molecule has 0 aliphatic carbocycles. The number of rotatable bonds is 27. The monoisotopic (exact) mass is 836 g/mol. The van der Waals surface area contributed by atoms with E-state index in [1.165, 1.54) is 24.3 Å². The smallest absolute Gasteiger partial charge is 0.326 e. The third kappa shape index (κ3) is 20.9. The summed E-state index contributed by atoms with van der Waals surface area (Å²) in [5.74, 6) is -10.2. The lowest BCUT2D eigenvalue weighted by atomic mass is 10.0. The number of nitrogens with zero attached hydrogens (tertiary/aromatic N) is 2. The number of nitrogens with one attached hydrogen (secondary N) is 5. The number of phenolic OH excluding ortho intramolecular Hbond substituents is 1. The number of guanidine groups is 2. The Labute approximate surface area is 339 Å². The highest BCUT2D eigenvalue weighted by molar-refractivity contribution is 5.97. The van der Waals surface area contributed by atoms with Gasteiger partial charge in [0.05, 0.1) is 18.9 Å². The summed E-state index contributed by atoms with van der Waals surface area (Å²) < 4.78 is 0. The number of aromatic hydroxyl groups is 1. The van der Waals surface area contributed by atoms with Gasteiger partial charge in [-0.15, -0.1) is 0 Å². The Hall–Kier alpha value is -6.72. The molecule has 1 aromatic rings. The van der Waals surface area contributed by atoms with E-state index >= 15 is 0 Å². The molecule has 0 spiro atoms. The Bertz CT molecular complexity index is 1680. The van der Waals surface area contributed by atoms with Gasteiger partial charge in [-0.2, -0.15) is 0 Å². The molecule has 0 aliphatic heterocycles. The highest BCUT2D eigenvalue weighted by Crippen LogP contribution is 2.13. The van der Waals surface area contributed by atoms with Crippen molar-refractivity contribution in [1.82, 2.24) is 26.6 Å². The summed E-state index contributed by atoms with van der Waals surface area (Å²) in [6.45, 7) is 3.47. The molecule has 0 radical (unpaired) electrons. The molecule has 0 unspecified atom stereocenters. The molecule has 6 atom stereocenters. The van der Waals surface area contributed by atoms with Crippen LogP contribution in [0.1, 0.15) is 64.4 Å². The fourth-order valence-electron chi connectivity index (χ4n) is 5.35. The number of carboxylic acids is 3. The molecule has 0 aliphatic rings. The summed E-state index contributed by atoms with van der Waals surface area (Å²) >= 11 is 0. The first kappa shape index (κ1) is 50.3. The van der Waals surface area contributed by atoms with Gasteiger partial charge in [0, 0.05) is 19.5 Å². The van der Waals surface area contributed by atoms with E-state index in [0.717, 1.165) is 0 Å². The number of amides is 5. The summed E-state index contributed by atoms with van der Waals surface area (Å²) in [6, 6.07) is -3.77. The number of hydrogen-bond acceptors (Lipinski definition) is 12. The average molecular weight is 837 g/mol. The first-order valence-corrected chi connectivity index (χ1v) is 18.4. The number of phenols is 1. The number of nitrogens with two attached hydrogens (primary N) is 5. The summed E-state index contributed by atoms with van der Waals surface area (Å²) in [7, 11) is 0. The van der Waals surface area contributed by atoms with Crippen LogP contribution in [0.4, 0.5) is 0 Å². The topological polar surface area (TPSA) is 432 Å². The van der Waals surface area contributed by atoms with Crippen molar-refractivity contribution in [3.05, 3.63) is 29.8 Å². The van der Waals surface area contributed by atoms with E-state index in [-0.39, 0.29) is 75.2 Å². The highest BCUT2D eigenvalue weighted by atomic mass is 16.4. The van der Waals surface area contributed by atoms with Crippen LogP contribution < -0.4 is 55.3 Å². The normalized spacial score (nSPS) is 13.8. The second-order valence-electron chi connectivity index (χ2n) is 13.8. The second kappa shape index (κ2) is 25.5. The van der Waals surface area contributed by atoms with Crippen LogP contribution >= 0.6 is 0 Å². The number of benzene rings is 1. The van der Waals surface area contributed by atoms with Crippen molar-refractivity contribution in [1.29, 1.82) is 0 Å². The molecule has 0 heterocycles. The molecule has 1 aromatic carbocycles. The first-order valence-electron chi connectivity index (χ1n) is 18.4. The molecule has 0 fully saturated rings. The summed E-state index contributed by atoms with van der Waals surface area (Å²) in [5.41, 5.74) is 27.4.